The number of hydrogen-bond acceptors (Lipinski definition) is 3. The molecule has 1 saturated carbocycles. The number of aliphatic hydroxyl groups excluding tert-OH is 1. The van der Waals surface area contributed by atoms with Crippen LogP contribution in [0.1, 0.15) is 52.9 Å². The lowest BCUT2D eigenvalue weighted by Gasteiger charge is -2.42. The van der Waals surface area contributed by atoms with Crippen molar-refractivity contribution in [2.24, 2.45) is 15.8 Å². The molecular formula is C17H35N3O2. The Balaban J connectivity index is 2.56. The molecule has 0 heterocycles. The van der Waals surface area contributed by atoms with E-state index >= 15 is 0 Å². The van der Waals surface area contributed by atoms with Crippen LogP contribution >= 0.6 is 0 Å². The highest BCUT2D eigenvalue weighted by molar-refractivity contribution is 5.79. The van der Waals surface area contributed by atoms with Crippen molar-refractivity contribution in [3.63, 3.8) is 0 Å². The molecule has 0 aromatic carbocycles. The molecule has 0 saturated heterocycles. The van der Waals surface area contributed by atoms with E-state index in [1.54, 1.807) is 7.11 Å². The minimum absolute atomic E-state index is 0.132. The highest BCUT2D eigenvalue weighted by atomic mass is 16.5. The molecule has 0 amide bonds. The average Bonchev–Trinajstić information content (AvgIpc) is 2.50. The molecule has 0 aliphatic heterocycles. The molecule has 0 bridgehead atoms. The Morgan fingerprint density at radius 2 is 2.05 bits per heavy atom. The zero-order chi connectivity index (χ0) is 16.5. The number of rotatable bonds is 10. The summed E-state index contributed by atoms with van der Waals surface area (Å²) in [7, 11) is 1.77. The monoisotopic (exact) mass is 313 g/mol. The summed E-state index contributed by atoms with van der Waals surface area (Å²) in [5.41, 5.74) is 0.240. The average molecular weight is 313 g/mol. The molecule has 1 aliphatic carbocycles. The molecule has 0 radical (unpaired) electrons. The van der Waals surface area contributed by atoms with Crippen LogP contribution < -0.4 is 10.6 Å². The molecule has 3 N–H and O–H groups in total. The van der Waals surface area contributed by atoms with Crippen LogP contribution in [0.3, 0.4) is 0 Å². The number of ether oxygens (including phenoxy) is 1. The Hall–Kier alpha value is -0.810. The van der Waals surface area contributed by atoms with Crippen molar-refractivity contribution in [2.45, 2.75) is 52.9 Å². The van der Waals surface area contributed by atoms with Crippen LogP contribution in [0.25, 0.3) is 0 Å². The minimum Gasteiger partial charge on any atom is -0.396 e. The van der Waals surface area contributed by atoms with Gasteiger partial charge < -0.3 is 20.5 Å². The SMILES string of the molecule is CCNC(=NCC(C)(CC)CO)NCC1(CCOC)CCC1. The third kappa shape index (κ3) is 5.76. The first-order valence-corrected chi connectivity index (χ1v) is 8.65. The first-order chi connectivity index (χ1) is 10.5. The fraction of sp³-hybridized carbons (Fsp3) is 0.941. The number of hydrogen-bond donors (Lipinski definition) is 3. The standard InChI is InChI=1S/C17H35N3O2/c1-5-16(3,14-21)12-19-15(18-6-2)20-13-17(8-7-9-17)10-11-22-4/h21H,5-14H2,1-4H3,(H2,18,19,20). The van der Waals surface area contributed by atoms with E-state index in [4.69, 9.17) is 4.74 Å². The van der Waals surface area contributed by atoms with Crippen molar-refractivity contribution in [3.8, 4) is 0 Å². The number of aliphatic imine (C=N–C) groups is 1. The second kappa shape index (κ2) is 9.36. The first kappa shape index (κ1) is 19.2. The van der Waals surface area contributed by atoms with Gasteiger partial charge in [0.05, 0.1) is 13.2 Å². The van der Waals surface area contributed by atoms with Crippen molar-refractivity contribution >= 4 is 5.96 Å². The zero-order valence-corrected chi connectivity index (χ0v) is 14.9. The predicted octanol–water partition coefficient (Wildman–Crippen LogP) is 2.16. The van der Waals surface area contributed by atoms with Gasteiger partial charge in [0.2, 0.25) is 0 Å². The molecule has 1 atom stereocenters. The molecule has 5 heteroatoms. The Morgan fingerprint density at radius 3 is 2.50 bits per heavy atom. The third-order valence-corrected chi connectivity index (χ3v) is 5.08. The summed E-state index contributed by atoms with van der Waals surface area (Å²) >= 11 is 0. The number of nitrogens with zero attached hydrogens (tertiary/aromatic N) is 1. The summed E-state index contributed by atoms with van der Waals surface area (Å²) in [6.07, 6.45) is 5.89. The van der Waals surface area contributed by atoms with Crippen LogP contribution in [0.4, 0.5) is 0 Å². The van der Waals surface area contributed by atoms with E-state index in [9.17, 15) is 5.11 Å². The maximum atomic E-state index is 9.51. The molecule has 0 aromatic rings. The summed E-state index contributed by atoms with van der Waals surface area (Å²) in [5, 5.41) is 16.3. The van der Waals surface area contributed by atoms with Crippen LogP contribution in [0.2, 0.25) is 0 Å². The van der Waals surface area contributed by atoms with E-state index in [-0.39, 0.29) is 12.0 Å². The fourth-order valence-corrected chi connectivity index (χ4v) is 2.67. The van der Waals surface area contributed by atoms with Crippen LogP contribution in [-0.4, -0.2) is 51.0 Å². The van der Waals surface area contributed by atoms with Gasteiger partial charge in [-0.2, -0.15) is 0 Å². The van der Waals surface area contributed by atoms with Crippen molar-refractivity contribution in [1.29, 1.82) is 0 Å². The van der Waals surface area contributed by atoms with Crippen molar-refractivity contribution in [1.82, 2.24) is 10.6 Å². The van der Waals surface area contributed by atoms with E-state index < -0.39 is 0 Å². The van der Waals surface area contributed by atoms with Crippen molar-refractivity contribution < 1.29 is 9.84 Å². The van der Waals surface area contributed by atoms with Gasteiger partial charge in [0, 0.05) is 32.2 Å². The quantitative estimate of drug-likeness (QED) is 0.427. The lowest BCUT2D eigenvalue weighted by Crippen LogP contribution is -2.47. The lowest BCUT2D eigenvalue weighted by atomic mass is 9.67. The minimum atomic E-state index is -0.132. The van der Waals surface area contributed by atoms with Gasteiger partial charge in [-0.15, -0.1) is 0 Å². The van der Waals surface area contributed by atoms with E-state index in [0.717, 1.165) is 38.5 Å². The summed E-state index contributed by atoms with van der Waals surface area (Å²) in [6, 6.07) is 0. The van der Waals surface area contributed by atoms with Crippen LogP contribution in [-0.2, 0) is 4.74 Å². The van der Waals surface area contributed by atoms with E-state index in [1.807, 2.05) is 0 Å². The molecule has 1 aliphatic rings. The number of aliphatic hydroxyl groups is 1. The van der Waals surface area contributed by atoms with Gasteiger partial charge in [0.25, 0.3) is 0 Å². The molecule has 0 aromatic heterocycles. The van der Waals surface area contributed by atoms with Crippen LogP contribution in [0, 0.1) is 10.8 Å². The molecule has 1 rings (SSSR count). The second-order valence-electron chi connectivity index (χ2n) is 6.97. The smallest absolute Gasteiger partial charge is 0.191 e. The Labute approximate surface area is 135 Å². The van der Waals surface area contributed by atoms with Gasteiger partial charge in [-0.25, -0.2) is 0 Å². The topological polar surface area (TPSA) is 65.9 Å². The zero-order valence-electron chi connectivity index (χ0n) is 14.9. The summed E-state index contributed by atoms with van der Waals surface area (Å²) in [4.78, 5) is 4.67. The Morgan fingerprint density at radius 1 is 1.32 bits per heavy atom. The molecule has 1 unspecified atom stereocenters. The summed E-state index contributed by atoms with van der Waals surface area (Å²) in [5.74, 6) is 0.860. The number of nitrogens with one attached hydrogen (secondary N) is 2. The third-order valence-electron chi connectivity index (χ3n) is 5.08. The maximum absolute atomic E-state index is 9.51. The van der Waals surface area contributed by atoms with Gasteiger partial charge in [0.15, 0.2) is 5.96 Å². The van der Waals surface area contributed by atoms with Crippen molar-refractivity contribution in [2.75, 3.05) is 40.0 Å². The molecule has 22 heavy (non-hydrogen) atoms. The van der Waals surface area contributed by atoms with Crippen LogP contribution in [0.5, 0.6) is 0 Å². The Bertz CT molecular complexity index is 337. The second-order valence-corrected chi connectivity index (χ2v) is 6.97. The molecule has 0 spiro atoms. The van der Waals surface area contributed by atoms with Gasteiger partial charge in [-0.05, 0) is 38.0 Å². The van der Waals surface area contributed by atoms with Crippen LogP contribution in [0.15, 0.2) is 4.99 Å². The van der Waals surface area contributed by atoms with Gasteiger partial charge in [0.1, 0.15) is 0 Å². The fourth-order valence-electron chi connectivity index (χ4n) is 2.67. The Kier molecular flexibility index (Phi) is 8.18. The highest BCUT2D eigenvalue weighted by Crippen LogP contribution is 2.43. The molecule has 5 nitrogen and oxygen atoms in total. The number of guanidine groups is 1. The van der Waals surface area contributed by atoms with E-state index in [0.29, 0.717) is 12.0 Å². The molecular weight excluding hydrogens is 278 g/mol. The normalized spacial score (nSPS) is 20.1. The lowest BCUT2D eigenvalue weighted by molar-refractivity contribution is 0.0732. The summed E-state index contributed by atoms with van der Waals surface area (Å²) in [6.45, 7) is 9.68. The predicted molar refractivity (Wildman–Crippen MR) is 92.2 cm³/mol. The van der Waals surface area contributed by atoms with E-state index in [2.05, 4.69) is 36.4 Å². The van der Waals surface area contributed by atoms with Gasteiger partial charge >= 0.3 is 0 Å². The molecule has 130 valence electrons. The highest BCUT2D eigenvalue weighted by Gasteiger charge is 2.36. The first-order valence-electron chi connectivity index (χ1n) is 8.65. The summed E-state index contributed by atoms with van der Waals surface area (Å²) < 4.78 is 5.25. The number of methoxy groups -OCH3 is 1. The largest absolute Gasteiger partial charge is 0.396 e. The van der Waals surface area contributed by atoms with E-state index in [1.165, 1.54) is 19.3 Å². The maximum Gasteiger partial charge on any atom is 0.191 e. The molecule has 1 fully saturated rings. The van der Waals surface area contributed by atoms with Gasteiger partial charge in [-0.1, -0.05) is 20.3 Å². The van der Waals surface area contributed by atoms with Gasteiger partial charge in [-0.3, -0.25) is 4.99 Å². The van der Waals surface area contributed by atoms with Crippen molar-refractivity contribution in [3.05, 3.63) is 0 Å².